The number of piperidine rings is 1. The van der Waals surface area contributed by atoms with Crippen molar-refractivity contribution in [1.29, 1.82) is 0 Å². The average molecular weight is 473 g/mol. The Morgan fingerprint density at radius 3 is 2.91 bits per heavy atom. The largest absolute Gasteiger partial charge is 0.464 e. The van der Waals surface area contributed by atoms with Crippen LogP contribution < -0.4 is 11.1 Å². The molecule has 2 fully saturated rings. The molecule has 0 bridgehead atoms. The average Bonchev–Trinajstić information content (AvgIpc) is 3.18. The van der Waals surface area contributed by atoms with Gasteiger partial charge in [0.2, 0.25) is 0 Å². The normalized spacial score (nSPS) is 21.0. The van der Waals surface area contributed by atoms with Crippen LogP contribution in [0.25, 0.3) is 21.4 Å². The predicted molar refractivity (Wildman–Crippen MR) is 132 cm³/mol. The van der Waals surface area contributed by atoms with Gasteiger partial charge in [-0.25, -0.2) is 4.98 Å². The molecule has 1 aliphatic heterocycles. The van der Waals surface area contributed by atoms with Crippen LogP contribution >= 0.6 is 11.3 Å². The van der Waals surface area contributed by atoms with Gasteiger partial charge in [-0.3, -0.25) is 9.59 Å². The van der Waals surface area contributed by atoms with E-state index in [1.807, 2.05) is 42.2 Å². The second-order valence-electron chi connectivity index (χ2n) is 9.11. The minimum absolute atomic E-state index is 0.0722. The molecule has 3 atom stereocenters. The number of nitrogen functional groups attached to an aromatic ring is 1. The quantitative estimate of drug-likeness (QED) is 0.446. The van der Waals surface area contributed by atoms with Gasteiger partial charge in [0, 0.05) is 18.0 Å². The van der Waals surface area contributed by atoms with Crippen LogP contribution in [0.2, 0.25) is 0 Å². The zero-order valence-corrected chi connectivity index (χ0v) is 19.5. The number of rotatable bonds is 5. The molecule has 6 rings (SSSR count). The van der Waals surface area contributed by atoms with Gasteiger partial charge in [-0.15, -0.1) is 0 Å². The van der Waals surface area contributed by atoms with E-state index in [1.165, 1.54) is 11.3 Å². The van der Waals surface area contributed by atoms with Crippen molar-refractivity contribution in [3.8, 4) is 10.4 Å². The Kier molecular flexibility index (Phi) is 4.91. The maximum absolute atomic E-state index is 13.7. The molecule has 2 amide bonds. The van der Waals surface area contributed by atoms with Crippen molar-refractivity contribution in [3.63, 3.8) is 0 Å². The van der Waals surface area contributed by atoms with Gasteiger partial charge < -0.3 is 20.4 Å². The maximum Gasteiger partial charge on any atom is 0.274 e. The van der Waals surface area contributed by atoms with Crippen LogP contribution in [-0.4, -0.2) is 40.3 Å². The Labute approximate surface area is 200 Å². The summed E-state index contributed by atoms with van der Waals surface area (Å²) in [5.74, 6) is 0.213. The van der Waals surface area contributed by atoms with Gasteiger partial charge in [-0.1, -0.05) is 47.2 Å². The molecule has 3 N–H and O–H groups in total. The van der Waals surface area contributed by atoms with Crippen LogP contribution in [0.3, 0.4) is 0 Å². The molecule has 2 aliphatic rings. The van der Waals surface area contributed by atoms with Gasteiger partial charge in [-0.2, -0.15) is 0 Å². The van der Waals surface area contributed by atoms with Crippen molar-refractivity contribution in [1.82, 2.24) is 15.2 Å². The number of nitrogens with two attached hydrogens (primary N) is 1. The second kappa shape index (κ2) is 7.99. The Balaban J connectivity index is 1.23. The molecule has 8 heteroatoms. The molecule has 2 aromatic heterocycles. The van der Waals surface area contributed by atoms with Crippen molar-refractivity contribution < 1.29 is 14.0 Å². The van der Waals surface area contributed by atoms with Crippen LogP contribution in [-0.2, 0) is 0 Å². The minimum Gasteiger partial charge on any atom is -0.464 e. The predicted octanol–water partition coefficient (Wildman–Crippen LogP) is 4.48. The zero-order chi connectivity index (χ0) is 23.4. The van der Waals surface area contributed by atoms with Gasteiger partial charge in [0.15, 0.2) is 5.13 Å². The third-order valence-electron chi connectivity index (χ3n) is 6.81. The lowest BCUT2D eigenvalue weighted by Gasteiger charge is -2.27. The maximum atomic E-state index is 13.7. The number of likely N-dealkylation sites (tertiary alicyclic amines) is 1. The lowest BCUT2D eigenvalue weighted by atomic mass is 10.1. The zero-order valence-electron chi connectivity index (χ0n) is 18.7. The fourth-order valence-electron chi connectivity index (χ4n) is 5.14. The fraction of sp³-hybridized carbons (Fsp3) is 0.269. The van der Waals surface area contributed by atoms with E-state index in [0.29, 0.717) is 34.4 Å². The molecule has 1 saturated carbocycles. The summed E-state index contributed by atoms with van der Waals surface area (Å²) >= 11 is 1.34. The molecule has 3 heterocycles. The number of benzene rings is 2. The monoisotopic (exact) mass is 472 g/mol. The van der Waals surface area contributed by atoms with Gasteiger partial charge >= 0.3 is 0 Å². The highest BCUT2D eigenvalue weighted by atomic mass is 32.1. The summed E-state index contributed by atoms with van der Waals surface area (Å²) in [5.41, 5.74) is 9.75. The first-order valence-corrected chi connectivity index (χ1v) is 12.2. The van der Waals surface area contributed by atoms with Crippen molar-refractivity contribution in [3.05, 3.63) is 71.6 Å². The molecule has 1 saturated heterocycles. The van der Waals surface area contributed by atoms with Crippen LogP contribution in [0, 0.1) is 12.8 Å². The van der Waals surface area contributed by atoms with Crippen molar-refractivity contribution >= 4 is 39.3 Å². The topological polar surface area (TPSA) is 101 Å². The minimum atomic E-state index is -0.168. The Bertz CT molecular complexity index is 1420. The Morgan fingerprint density at radius 1 is 1.21 bits per heavy atom. The third kappa shape index (κ3) is 3.54. The molecular weight excluding hydrogens is 448 g/mol. The molecule has 1 aliphatic carbocycles. The first kappa shape index (κ1) is 20.9. The summed E-state index contributed by atoms with van der Waals surface area (Å²) in [6.45, 7) is 2.42. The number of amides is 2. The van der Waals surface area contributed by atoms with Crippen LogP contribution in [0.4, 0.5) is 5.13 Å². The number of anilines is 1. The van der Waals surface area contributed by atoms with E-state index in [2.05, 4.69) is 10.3 Å². The number of nitrogens with zero attached hydrogens (tertiary/aromatic N) is 2. The van der Waals surface area contributed by atoms with Crippen LogP contribution in [0.1, 0.15) is 39.3 Å². The van der Waals surface area contributed by atoms with E-state index in [-0.39, 0.29) is 23.9 Å². The van der Waals surface area contributed by atoms with E-state index < -0.39 is 0 Å². The van der Waals surface area contributed by atoms with E-state index in [1.54, 1.807) is 24.5 Å². The summed E-state index contributed by atoms with van der Waals surface area (Å²) < 4.78 is 5.41. The summed E-state index contributed by atoms with van der Waals surface area (Å²) in [4.78, 5) is 33.8. The van der Waals surface area contributed by atoms with Gasteiger partial charge in [0.05, 0.1) is 22.7 Å². The van der Waals surface area contributed by atoms with Crippen LogP contribution in [0.5, 0.6) is 0 Å². The number of nitrogens with one attached hydrogen (secondary N) is 1. The lowest BCUT2D eigenvalue weighted by molar-refractivity contribution is 0.0685. The number of carbonyl (C=O) groups is 2. The fourth-order valence-corrected chi connectivity index (χ4v) is 5.96. The number of fused-ring (bicyclic) bond motifs is 2. The number of carbonyl (C=O) groups excluding carboxylic acids is 2. The van der Waals surface area contributed by atoms with Crippen molar-refractivity contribution in [2.24, 2.45) is 5.92 Å². The molecule has 7 nitrogen and oxygen atoms in total. The second-order valence-corrected chi connectivity index (χ2v) is 10.1. The summed E-state index contributed by atoms with van der Waals surface area (Å²) in [5, 5.41) is 4.20. The van der Waals surface area contributed by atoms with E-state index in [0.717, 1.165) is 34.2 Å². The third-order valence-corrected chi connectivity index (χ3v) is 7.74. The van der Waals surface area contributed by atoms with E-state index >= 15 is 0 Å². The molecule has 0 spiro atoms. The molecule has 4 aromatic rings. The summed E-state index contributed by atoms with van der Waals surface area (Å²) in [7, 11) is 0. The van der Waals surface area contributed by atoms with Crippen molar-refractivity contribution in [2.45, 2.75) is 31.8 Å². The first-order valence-electron chi connectivity index (χ1n) is 11.4. The SMILES string of the molecule is Cc1cccc(-c2sc(N)nc2C(=O)N2C(CNC(=O)c3cccc4occc34)CC3C[C@@H]32)c1. The number of hydrogen-bond donors (Lipinski definition) is 2. The molecule has 172 valence electrons. The standard InChI is InChI=1S/C26H24N4O3S/c1-14-4-2-5-15(10-14)23-22(29-26(27)34-23)25(32)30-17(11-16-12-20(16)30)13-28-24(31)19-6-3-7-21-18(19)8-9-33-21/h2-10,16-17,20H,11-13H2,1H3,(H2,27,29)(H,28,31)/t16?,17?,20-/m0/s1. The van der Waals surface area contributed by atoms with Crippen molar-refractivity contribution in [2.75, 3.05) is 12.3 Å². The molecule has 34 heavy (non-hydrogen) atoms. The number of aryl methyl sites for hydroxylation is 1. The Hall–Kier alpha value is -3.65. The van der Waals surface area contributed by atoms with Gasteiger partial charge in [0.1, 0.15) is 11.3 Å². The smallest absolute Gasteiger partial charge is 0.274 e. The summed E-state index contributed by atoms with van der Waals surface area (Å²) in [6, 6.07) is 15.4. The van der Waals surface area contributed by atoms with Gasteiger partial charge in [0.25, 0.3) is 11.8 Å². The Morgan fingerprint density at radius 2 is 2.06 bits per heavy atom. The summed E-state index contributed by atoms with van der Waals surface area (Å²) in [6.07, 6.45) is 3.47. The van der Waals surface area contributed by atoms with E-state index in [9.17, 15) is 9.59 Å². The number of hydrogen-bond acceptors (Lipinski definition) is 6. The first-order chi connectivity index (χ1) is 16.5. The number of aromatic nitrogens is 1. The highest BCUT2D eigenvalue weighted by Crippen LogP contribution is 2.49. The highest BCUT2D eigenvalue weighted by molar-refractivity contribution is 7.19. The number of furan rings is 1. The molecular formula is C26H24N4O3S. The molecule has 2 unspecified atom stereocenters. The number of thiazole rings is 1. The van der Waals surface area contributed by atoms with Gasteiger partial charge in [-0.05, 0) is 49.4 Å². The molecule has 2 aromatic carbocycles. The van der Waals surface area contributed by atoms with E-state index in [4.69, 9.17) is 10.2 Å². The lowest BCUT2D eigenvalue weighted by Crippen LogP contribution is -2.45. The highest BCUT2D eigenvalue weighted by Gasteiger charge is 2.54. The molecule has 0 radical (unpaired) electrons. The van der Waals surface area contributed by atoms with Crippen LogP contribution in [0.15, 0.2) is 59.2 Å².